The van der Waals surface area contributed by atoms with Crippen molar-refractivity contribution in [2.75, 3.05) is 0 Å². The Morgan fingerprint density at radius 3 is 1.85 bits per heavy atom. The molecule has 1 nitrogen and oxygen atoms in total. The summed E-state index contributed by atoms with van der Waals surface area (Å²) in [5.74, 6) is -6.90. The Morgan fingerprint density at radius 1 is 0.800 bits per heavy atom. The SMILES string of the molecule is NC(c1cc(F)c(F)c(F)c1)c1cc(F)c(F)cc1Cl. The van der Waals surface area contributed by atoms with E-state index in [2.05, 4.69) is 0 Å². The van der Waals surface area contributed by atoms with Crippen LogP contribution in [-0.2, 0) is 0 Å². The van der Waals surface area contributed by atoms with E-state index in [1.54, 1.807) is 0 Å². The van der Waals surface area contributed by atoms with Gasteiger partial charge in [0.2, 0.25) is 0 Å². The van der Waals surface area contributed by atoms with Crippen molar-refractivity contribution in [1.29, 1.82) is 0 Å². The van der Waals surface area contributed by atoms with Gasteiger partial charge in [-0.05, 0) is 35.4 Å². The van der Waals surface area contributed by atoms with E-state index < -0.39 is 35.1 Å². The third-order valence-corrected chi connectivity index (χ3v) is 3.07. The predicted octanol–water partition coefficient (Wildman–Crippen LogP) is 4.08. The maximum atomic E-state index is 13.2. The average Bonchev–Trinajstić information content (AvgIpc) is 2.38. The summed E-state index contributed by atoms with van der Waals surface area (Å²) in [4.78, 5) is 0. The van der Waals surface area contributed by atoms with Crippen LogP contribution >= 0.6 is 11.6 Å². The van der Waals surface area contributed by atoms with Gasteiger partial charge in [-0.1, -0.05) is 11.6 Å². The second kappa shape index (κ2) is 5.38. The molecular weight excluding hydrogens is 301 g/mol. The Kier molecular flexibility index (Phi) is 3.96. The van der Waals surface area contributed by atoms with Crippen LogP contribution in [0.25, 0.3) is 0 Å². The molecule has 2 aromatic carbocycles. The number of halogens is 6. The summed E-state index contributed by atoms with van der Waals surface area (Å²) in [6, 6.07) is 1.52. The van der Waals surface area contributed by atoms with Crippen LogP contribution in [0.15, 0.2) is 24.3 Å². The predicted molar refractivity (Wildman–Crippen MR) is 63.7 cm³/mol. The van der Waals surface area contributed by atoms with E-state index in [1.165, 1.54) is 0 Å². The molecule has 20 heavy (non-hydrogen) atoms. The number of hydrogen-bond donors (Lipinski definition) is 1. The van der Waals surface area contributed by atoms with E-state index in [9.17, 15) is 22.0 Å². The van der Waals surface area contributed by atoms with E-state index in [1.807, 2.05) is 0 Å². The van der Waals surface area contributed by atoms with E-state index >= 15 is 0 Å². The van der Waals surface area contributed by atoms with Gasteiger partial charge in [-0.2, -0.15) is 0 Å². The summed E-state index contributed by atoms with van der Waals surface area (Å²) >= 11 is 5.71. The molecule has 0 saturated heterocycles. The van der Waals surface area contributed by atoms with Crippen molar-refractivity contribution in [3.05, 3.63) is 69.5 Å². The zero-order valence-corrected chi connectivity index (χ0v) is 10.5. The van der Waals surface area contributed by atoms with Crippen LogP contribution in [0.5, 0.6) is 0 Å². The third kappa shape index (κ3) is 2.62. The molecule has 1 atom stereocenters. The molecule has 0 amide bonds. The topological polar surface area (TPSA) is 26.0 Å². The quantitative estimate of drug-likeness (QED) is 0.505. The summed E-state index contributed by atoms with van der Waals surface area (Å²) in [6.45, 7) is 0. The van der Waals surface area contributed by atoms with Crippen molar-refractivity contribution in [2.45, 2.75) is 6.04 Å². The lowest BCUT2D eigenvalue weighted by molar-refractivity contribution is 0.444. The second-order valence-electron chi connectivity index (χ2n) is 4.06. The average molecular weight is 308 g/mol. The fourth-order valence-corrected chi connectivity index (χ4v) is 1.98. The van der Waals surface area contributed by atoms with Gasteiger partial charge in [0.25, 0.3) is 0 Å². The third-order valence-electron chi connectivity index (χ3n) is 2.74. The van der Waals surface area contributed by atoms with Crippen molar-refractivity contribution in [2.24, 2.45) is 5.73 Å². The molecule has 0 aromatic heterocycles. The first-order chi connectivity index (χ1) is 9.31. The molecule has 0 heterocycles. The standard InChI is InChI=1S/C13H7ClF5N/c14-7-4-9(16)8(15)3-6(7)13(20)5-1-10(17)12(19)11(18)2-5/h1-4,13H,20H2. The number of hydrogen-bond acceptors (Lipinski definition) is 1. The van der Waals surface area contributed by atoms with E-state index in [0.717, 1.165) is 6.07 Å². The number of benzene rings is 2. The lowest BCUT2D eigenvalue weighted by Crippen LogP contribution is -2.14. The van der Waals surface area contributed by atoms with E-state index in [4.69, 9.17) is 17.3 Å². The molecule has 0 aliphatic heterocycles. The Balaban J connectivity index is 2.51. The largest absolute Gasteiger partial charge is 0.320 e. The number of rotatable bonds is 2. The molecule has 0 aliphatic rings. The molecule has 1 unspecified atom stereocenters. The first kappa shape index (κ1) is 14.7. The Labute approximate surface area is 115 Å². The lowest BCUT2D eigenvalue weighted by Gasteiger charge is -2.15. The van der Waals surface area contributed by atoms with Crippen molar-refractivity contribution in [3.8, 4) is 0 Å². The highest BCUT2D eigenvalue weighted by Gasteiger charge is 2.19. The van der Waals surface area contributed by atoms with Crippen molar-refractivity contribution < 1.29 is 22.0 Å². The minimum absolute atomic E-state index is 0.0732. The van der Waals surface area contributed by atoms with Crippen LogP contribution < -0.4 is 5.73 Å². The van der Waals surface area contributed by atoms with Crippen LogP contribution in [0.2, 0.25) is 5.02 Å². The first-order valence-electron chi connectivity index (χ1n) is 5.35. The van der Waals surface area contributed by atoms with Gasteiger partial charge in [0.15, 0.2) is 29.1 Å². The summed E-state index contributed by atoms with van der Waals surface area (Å²) in [5, 5.41) is -0.207. The molecule has 0 aliphatic carbocycles. The second-order valence-corrected chi connectivity index (χ2v) is 4.47. The molecule has 2 rings (SSSR count). The van der Waals surface area contributed by atoms with Gasteiger partial charge in [0.1, 0.15) is 0 Å². The van der Waals surface area contributed by atoms with Gasteiger partial charge >= 0.3 is 0 Å². The summed E-state index contributed by atoms with van der Waals surface area (Å²) in [6.07, 6.45) is 0. The molecule has 2 N–H and O–H groups in total. The zero-order chi connectivity index (χ0) is 15.0. The molecule has 7 heteroatoms. The van der Waals surface area contributed by atoms with Crippen LogP contribution in [0.1, 0.15) is 17.2 Å². The lowest BCUT2D eigenvalue weighted by atomic mass is 9.99. The highest BCUT2D eigenvalue weighted by molar-refractivity contribution is 6.31. The Morgan fingerprint density at radius 2 is 1.30 bits per heavy atom. The van der Waals surface area contributed by atoms with Crippen LogP contribution in [0.3, 0.4) is 0 Å². The monoisotopic (exact) mass is 307 g/mol. The maximum absolute atomic E-state index is 13.2. The van der Waals surface area contributed by atoms with Crippen molar-refractivity contribution in [3.63, 3.8) is 0 Å². The van der Waals surface area contributed by atoms with Gasteiger partial charge in [0.05, 0.1) is 6.04 Å². The van der Waals surface area contributed by atoms with Crippen molar-refractivity contribution >= 4 is 11.6 Å². The fraction of sp³-hybridized carbons (Fsp3) is 0.0769. The minimum atomic E-state index is -1.64. The molecule has 0 bridgehead atoms. The zero-order valence-electron chi connectivity index (χ0n) is 9.73. The van der Waals surface area contributed by atoms with Gasteiger partial charge in [0, 0.05) is 5.02 Å². The first-order valence-corrected chi connectivity index (χ1v) is 5.73. The highest BCUT2D eigenvalue weighted by atomic mass is 35.5. The number of nitrogens with two attached hydrogens (primary N) is 1. The summed E-state index contributed by atoms with van der Waals surface area (Å²) in [7, 11) is 0. The van der Waals surface area contributed by atoms with Gasteiger partial charge in [-0.3, -0.25) is 0 Å². The maximum Gasteiger partial charge on any atom is 0.194 e. The fourth-order valence-electron chi connectivity index (χ4n) is 1.71. The summed E-state index contributed by atoms with van der Waals surface area (Å²) < 4.78 is 65.2. The van der Waals surface area contributed by atoms with Crippen molar-refractivity contribution in [1.82, 2.24) is 0 Å². The smallest absolute Gasteiger partial charge is 0.194 e. The molecule has 0 saturated carbocycles. The van der Waals surface area contributed by atoms with Gasteiger partial charge in [-0.15, -0.1) is 0 Å². The van der Waals surface area contributed by atoms with Crippen LogP contribution in [0, 0.1) is 29.1 Å². The van der Waals surface area contributed by atoms with Crippen LogP contribution in [0.4, 0.5) is 22.0 Å². The molecule has 2 aromatic rings. The Hall–Kier alpha value is -1.66. The molecule has 0 spiro atoms. The molecule has 106 valence electrons. The molecule has 0 fully saturated rings. The van der Waals surface area contributed by atoms with Gasteiger partial charge in [-0.25, -0.2) is 22.0 Å². The summed E-state index contributed by atoms with van der Waals surface area (Å²) in [5.41, 5.74) is 5.46. The minimum Gasteiger partial charge on any atom is -0.320 e. The molecule has 0 radical (unpaired) electrons. The van der Waals surface area contributed by atoms with Gasteiger partial charge < -0.3 is 5.73 Å². The van der Waals surface area contributed by atoms with E-state index in [-0.39, 0.29) is 16.1 Å². The normalized spacial score (nSPS) is 12.6. The molecular formula is C13H7ClF5N. The van der Waals surface area contributed by atoms with E-state index in [0.29, 0.717) is 18.2 Å². The highest BCUT2D eigenvalue weighted by Crippen LogP contribution is 2.29. The van der Waals surface area contributed by atoms with Crippen LogP contribution in [-0.4, -0.2) is 0 Å². The Bertz CT molecular complexity index is 651.